The zero-order chi connectivity index (χ0) is 6.97. The highest BCUT2D eigenvalue weighted by atomic mass is 16.6. The van der Waals surface area contributed by atoms with E-state index in [1.807, 2.05) is 19.1 Å². The maximum Gasteiger partial charge on any atom is 0.106 e. The predicted molar refractivity (Wildman–Crippen MR) is 36.9 cm³/mol. The molecule has 0 radical (unpaired) electrons. The molecule has 0 saturated carbocycles. The fraction of sp³-hybridized carbons (Fsp3) is 0.500. The molecule has 0 amide bonds. The number of epoxide rings is 1. The van der Waals surface area contributed by atoms with Gasteiger partial charge in [0.05, 0.1) is 12.7 Å². The molecule has 1 aromatic rings. The van der Waals surface area contributed by atoms with Crippen molar-refractivity contribution >= 4 is 0 Å². The van der Waals surface area contributed by atoms with Crippen molar-refractivity contribution in [3.63, 3.8) is 0 Å². The van der Waals surface area contributed by atoms with Gasteiger partial charge in [-0.25, -0.2) is 0 Å². The van der Waals surface area contributed by atoms with E-state index in [1.54, 1.807) is 0 Å². The first-order chi connectivity index (χ1) is 4.84. The number of hydrogen-bond acceptors (Lipinski definition) is 2. The van der Waals surface area contributed by atoms with E-state index < -0.39 is 0 Å². The fourth-order valence-corrected chi connectivity index (χ4v) is 1.01. The average Bonchev–Trinajstić information content (AvgIpc) is 2.59. The first-order valence-electron chi connectivity index (χ1n) is 3.51. The Labute approximate surface area is 59.8 Å². The van der Waals surface area contributed by atoms with E-state index in [4.69, 9.17) is 9.15 Å². The van der Waals surface area contributed by atoms with Crippen LogP contribution in [-0.2, 0) is 11.2 Å². The lowest BCUT2D eigenvalue weighted by atomic mass is 10.3. The lowest BCUT2D eigenvalue weighted by Gasteiger charge is -1.88. The summed E-state index contributed by atoms with van der Waals surface area (Å²) in [6.07, 6.45) is 1.37. The van der Waals surface area contributed by atoms with Gasteiger partial charge in [-0.3, -0.25) is 0 Å². The monoisotopic (exact) mass is 138 g/mol. The molecule has 0 aromatic carbocycles. The van der Waals surface area contributed by atoms with Crippen LogP contribution in [0.3, 0.4) is 0 Å². The Bertz CT molecular complexity index is 223. The lowest BCUT2D eigenvalue weighted by Crippen LogP contribution is -1.89. The highest BCUT2D eigenvalue weighted by Crippen LogP contribution is 2.17. The molecule has 2 nitrogen and oxygen atoms in total. The SMILES string of the molecule is Cc1ccc(CC2CO2)o1. The number of rotatable bonds is 2. The molecule has 1 fully saturated rings. The summed E-state index contributed by atoms with van der Waals surface area (Å²) in [6.45, 7) is 2.86. The van der Waals surface area contributed by atoms with Crippen LogP contribution in [0.15, 0.2) is 16.5 Å². The van der Waals surface area contributed by atoms with Gasteiger partial charge in [0.15, 0.2) is 0 Å². The fourth-order valence-electron chi connectivity index (χ4n) is 1.01. The molecule has 54 valence electrons. The van der Waals surface area contributed by atoms with Crippen LogP contribution in [0.1, 0.15) is 11.5 Å². The van der Waals surface area contributed by atoms with Gasteiger partial charge >= 0.3 is 0 Å². The Balaban J connectivity index is 2.03. The van der Waals surface area contributed by atoms with Gasteiger partial charge in [0.25, 0.3) is 0 Å². The summed E-state index contributed by atoms with van der Waals surface area (Å²) < 4.78 is 10.4. The third kappa shape index (κ3) is 1.21. The van der Waals surface area contributed by atoms with Crippen molar-refractivity contribution in [2.45, 2.75) is 19.4 Å². The van der Waals surface area contributed by atoms with Crippen LogP contribution < -0.4 is 0 Å². The molecule has 1 aliphatic heterocycles. The molecule has 0 N–H and O–H groups in total. The third-order valence-corrected chi connectivity index (χ3v) is 1.63. The van der Waals surface area contributed by atoms with E-state index >= 15 is 0 Å². The molecule has 2 heteroatoms. The summed E-state index contributed by atoms with van der Waals surface area (Å²) in [5.41, 5.74) is 0. The van der Waals surface area contributed by atoms with E-state index in [2.05, 4.69) is 0 Å². The Kier molecular flexibility index (Phi) is 1.27. The summed E-state index contributed by atoms with van der Waals surface area (Å²) in [5.74, 6) is 2.02. The van der Waals surface area contributed by atoms with E-state index in [1.165, 1.54) is 0 Å². The summed E-state index contributed by atoms with van der Waals surface area (Å²) in [6, 6.07) is 3.99. The van der Waals surface area contributed by atoms with Crippen molar-refractivity contribution < 1.29 is 9.15 Å². The van der Waals surface area contributed by atoms with Crippen LogP contribution in [0.2, 0.25) is 0 Å². The molecular formula is C8H10O2. The molecule has 2 rings (SSSR count). The molecule has 1 saturated heterocycles. The van der Waals surface area contributed by atoms with E-state index in [-0.39, 0.29) is 0 Å². The Morgan fingerprint density at radius 2 is 2.40 bits per heavy atom. The van der Waals surface area contributed by atoms with Crippen molar-refractivity contribution in [3.8, 4) is 0 Å². The smallest absolute Gasteiger partial charge is 0.106 e. The van der Waals surface area contributed by atoms with E-state index in [0.717, 1.165) is 24.5 Å². The van der Waals surface area contributed by atoms with Gasteiger partial charge in [-0.05, 0) is 19.1 Å². The van der Waals surface area contributed by atoms with E-state index in [0.29, 0.717) is 6.10 Å². The van der Waals surface area contributed by atoms with Crippen LogP contribution >= 0.6 is 0 Å². The molecule has 0 spiro atoms. The molecule has 10 heavy (non-hydrogen) atoms. The minimum atomic E-state index is 0.436. The van der Waals surface area contributed by atoms with Crippen molar-refractivity contribution in [2.24, 2.45) is 0 Å². The molecule has 1 aliphatic rings. The molecule has 0 aliphatic carbocycles. The van der Waals surface area contributed by atoms with Gasteiger partial charge in [-0.1, -0.05) is 0 Å². The van der Waals surface area contributed by atoms with Crippen molar-refractivity contribution in [3.05, 3.63) is 23.7 Å². The van der Waals surface area contributed by atoms with E-state index in [9.17, 15) is 0 Å². The lowest BCUT2D eigenvalue weighted by molar-refractivity contribution is 0.385. The second kappa shape index (κ2) is 2.13. The molecule has 2 heterocycles. The highest BCUT2D eigenvalue weighted by molar-refractivity contribution is 5.07. The molecule has 1 unspecified atom stereocenters. The van der Waals surface area contributed by atoms with Gasteiger partial charge < -0.3 is 9.15 Å². The molecule has 1 aromatic heterocycles. The first-order valence-corrected chi connectivity index (χ1v) is 3.51. The maximum atomic E-state index is 5.35. The molecular weight excluding hydrogens is 128 g/mol. The van der Waals surface area contributed by atoms with Gasteiger partial charge in [0.1, 0.15) is 11.5 Å². The van der Waals surface area contributed by atoms with Gasteiger partial charge in [0, 0.05) is 6.42 Å². The maximum absolute atomic E-state index is 5.35. The summed E-state index contributed by atoms with van der Waals surface area (Å²) in [7, 11) is 0. The number of furan rings is 1. The second-order valence-electron chi connectivity index (χ2n) is 2.67. The number of hydrogen-bond donors (Lipinski definition) is 0. The van der Waals surface area contributed by atoms with Crippen molar-refractivity contribution in [2.75, 3.05) is 6.61 Å². The number of ether oxygens (including phenoxy) is 1. The Morgan fingerprint density at radius 1 is 1.60 bits per heavy atom. The summed E-state index contributed by atoms with van der Waals surface area (Å²) in [5, 5.41) is 0. The quantitative estimate of drug-likeness (QED) is 0.579. The van der Waals surface area contributed by atoms with Crippen molar-refractivity contribution in [1.29, 1.82) is 0 Å². The van der Waals surface area contributed by atoms with Crippen LogP contribution in [0, 0.1) is 6.92 Å². The van der Waals surface area contributed by atoms with Crippen LogP contribution in [-0.4, -0.2) is 12.7 Å². The third-order valence-electron chi connectivity index (χ3n) is 1.63. The minimum absolute atomic E-state index is 0.436. The van der Waals surface area contributed by atoms with Crippen molar-refractivity contribution in [1.82, 2.24) is 0 Å². The standard InChI is InChI=1S/C8H10O2/c1-6-2-3-7(10-6)4-8-5-9-8/h2-3,8H,4-5H2,1H3. The Hall–Kier alpha value is -0.760. The Morgan fingerprint density at radius 3 is 2.90 bits per heavy atom. The van der Waals surface area contributed by atoms with Gasteiger partial charge in [0.2, 0.25) is 0 Å². The zero-order valence-corrected chi connectivity index (χ0v) is 5.96. The first kappa shape index (κ1) is 5.98. The highest BCUT2D eigenvalue weighted by Gasteiger charge is 2.23. The normalized spacial score (nSPS) is 23.1. The minimum Gasteiger partial charge on any atom is -0.466 e. The summed E-state index contributed by atoms with van der Waals surface area (Å²) >= 11 is 0. The molecule has 1 atom stereocenters. The topological polar surface area (TPSA) is 25.7 Å². The largest absolute Gasteiger partial charge is 0.466 e. The van der Waals surface area contributed by atoms with Crippen LogP contribution in [0.4, 0.5) is 0 Å². The predicted octanol–water partition coefficient (Wildman–Crippen LogP) is 1.53. The number of aryl methyl sites for hydroxylation is 1. The van der Waals surface area contributed by atoms with Crippen LogP contribution in [0.5, 0.6) is 0 Å². The summed E-state index contributed by atoms with van der Waals surface area (Å²) in [4.78, 5) is 0. The zero-order valence-electron chi connectivity index (χ0n) is 5.96. The second-order valence-corrected chi connectivity index (χ2v) is 2.67. The van der Waals surface area contributed by atoms with Crippen LogP contribution in [0.25, 0.3) is 0 Å². The van der Waals surface area contributed by atoms with Gasteiger partial charge in [-0.15, -0.1) is 0 Å². The average molecular weight is 138 g/mol. The van der Waals surface area contributed by atoms with Gasteiger partial charge in [-0.2, -0.15) is 0 Å². The molecule has 0 bridgehead atoms.